The molecule has 0 unspecified atom stereocenters. The predicted octanol–water partition coefficient (Wildman–Crippen LogP) is 1.31. The van der Waals surface area contributed by atoms with Gasteiger partial charge in [0.2, 0.25) is 0 Å². The molecule has 0 radical (unpaired) electrons. The maximum Gasteiger partial charge on any atom is 0.415 e. The van der Waals surface area contributed by atoms with Crippen molar-refractivity contribution in [1.29, 1.82) is 0 Å². The van der Waals surface area contributed by atoms with Gasteiger partial charge in [-0.2, -0.15) is 0 Å². The van der Waals surface area contributed by atoms with Gasteiger partial charge in [-0.3, -0.25) is 0 Å². The summed E-state index contributed by atoms with van der Waals surface area (Å²) in [5.41, 5.74) is 0. The number of methoxy groups -OCH3 is 1. The average Bonchev–Trinajstić information content (AvgIpc) is 2.29. The summed E-state index contributed by atoms with van der Waals surface area (Å²) in [4.78, 5) is 17.3. The molecule has 0 bridgehead atoms. The van der Waals surface area contributed by atoms with Gasteiger partial charge in [0.1, 0.15) is 6.61 Å². The third kappa shape index (κ3) is 3.10. The van der Waals surface area contributed by atoms with Crippen LogP contribution in [0, 0.1) is 0 Å². The molecule has 6 nitrogen and oxygen atoms in total. The minimum absolute atomic E-state index is 0.309. The van der Waals surface area contributed by atoms with E-state index in [1.165, 1.54) is 0 Å². The van der Waals surface area contributed by atoms with Gasteiger partial charge < -0.3 is 19.1 Å². The van der Waals surface area contributed by atoms with E-state index >= 15 is 0 Å². The van der Waals surface area contributed by atoms with E-state index in [1.807, 2.05) is 0 Å². The zero-order valence-corrected chi connectivity index (χ0v) is 10.3. The number of carbonyl (C=O) groups excluding carboxylic acids is 1. The Morgan fingerprint density at radius 3 is 2.94 bits per heavy atom. The minimum atomic E-state index is -0.356. The first kappa shape index (κ1) is 12.6. The van der Waals surface area contributed by atoms with E-state index in [2.05, 4.69) is 4.98 Å². The van der Waals surface area contributed by atoms with Crippen LogP contribution >= 0.6 is 0 Å². The number of hydrogen-bond donors (Lipinski definition) is 0. The Balaban J connectivity index is 1.95. The Bertz CT molecular complexity index is 407. The lowest BCUT2D eigenvalue weighted by Gasteiger charge is -2.29. The first-order valence-corrected chi connectivity index (χ1v) is 5.85. The standard InChI is InChI=1S/C12H16N2O4/c1-16-8-9-17-11-10(4-2-5-13-11)18-12(15)14-6-3-7-14/h2,4-5H,3,6-9H2,1H3. The molecule has 1 amide bonds. The summed E-state index contributed by atoms with van der Waals surface area (Å²) in [5, 5.41) is 0. The lowest BCUT2D eigenvalue weighted by atomic mass is 10.2. The number of amides is 1. The number of carbonyl (C=O) groups is 1. The maximum absolute atomic E-state index is 11.7. The van der Waals surface area contributed by atoms with E-state index in [0.29, 0.717) is 24.8 Å². The number of hydrogen-bond acceptors (Lipinski definition) is 5. The van der Waals surface area contributed by atoms with Crippen molar-refractivity contribution in [1.82, 2.24) is 9.88 Å². The summed E-state index contributed by atoms with van der Waals surface area (Å²) in [6.07, 6.45) is 2.26. The lowest BCUT2D eigenvalue weighted by Crippen LogP contribution is -2.43. The second-order valence-electron chi connectivity index (χ2n) is 3.86. The molecule has 1 aromatic heterocycles. The Morgan fingerprint density at radius 2 is 2.28 bits per heavy atom. The molecule has 1 aromatic rings. The highest BCUT2D eigenvalue weighted by molar-refractivity contribution is 5.72. The quantitative estimate of drug-likeness (QED) is 0.739. The highest BCUT2D eigenvalue weighted by atomic mass is 16.6. The van der Waals surface area contributed by atoms with Crippen LogP contribution in [-0.2, 0) is 4.74 Å². The molecule has 18 heavy (non-hydrogen) atoms. The second-order valence-corrected chi connectivity index (χ2v) is 3.86. The van der Waals surface area contributed by atoms with Gasteiger partial charge in [-0.25, -0.2) is 9.78 Å². The summed E-state index contributed by atoms with van der Waals surface area (Å²) in [5.74, 6) is 0.647. The normalized spacial score (nSPS) is 13.9. The average molecular weight is 252 g/mol. The van der Waals surface area contributed by atoms with Gasteiger partial charge in [-0.1, -0.05) is 0 Å². The van der Waals surface area contributed by atoms with Crippen LogP contribution in [0.1, 0.15) is 6.42 Å². The van der Waals surface area contributed by atoms with E-state index in [1.54, 1.807) is 30.3 Å². The molecular weight excluding hydrogens is 236 g/mol. The molecule has 6 heteroatoms. The molecule has 2 rings (SSSR count). The predicted molar refractivity (Wildman–Crippen MR) is 63.8 cm³/mol. The molecular formula is C12H16N2O4. The molecule has 1 aliphatic rings. The van der Waals surface area contributed by atoms with Gasteiger partial charge in [-0.05, 0) is 18.6 Å². The number of rotatable bonds is 5. The molecule has 1 fully saturated rings. The smallest absolute Gasteiger partial charge is 0.415 e. The highest BCUT2D eigenvalue weighted by Gasteiger charge is 2.23. The number of aromatic nitrogens is 1. The van der Waals surface area contributed by atoms with Crippen molar-refractivity contribution in [3.05, 3.63) is 18.3 Å². The van der Waals surface area contributed by atoms with E-state index in [4.69, 9.17) is 14.2 Å². The Labute approximate surface area is 105 Å². The van der Waals surface area contributed by atoms with Crippen molar-refractivity contribution in [3.8, 4) is 11.6 Å². The fourth-order valence-corrected chi connectivity index (χ4v) is 1.44. The molecule has 0 aromatic carbocycles. The fraction of sp³-hybridized carbons (Fsp3) is 0.500. The van der Waals surface area contributed by atoms with Crippen LogP contribution < -0.4 is 9.47 Å². The van der Waals surface area contributed by atoms with E-state index in [-0.39, 0.29) is 6.09 Å². The lowest BCUT2D eigenvalue weighted by molar-refractivity contribution is 0.119. The van der Waals surface area contributed by atoms with E-state index in [0.717, 1.165) is 19.5 Å². The Morgan fingerprint density at radius 1 is 1.44 bits per heavy atom. The molecule has 0 N–H and O–H groups in total. The van der Waals surface area contributed by atoms with Crippen LogP contribution in [0.4, 0.5) is 4.79 Å². The molecule has 0 aliphatic carbocycles. The fourth-order valence-electron chi connectivity index (χ4n) is 1.44. The van der Waals surface area contributed by atoms with Crippen molar-refractivity contribution in [2.45, 2.75) is 6.42 Å². The van der Waals surface area contributed by atoms with Crippen LogP contribution in [0.3, 0.4) is 0 Å². The van der Waals surface area contributed by atoms with E-state index in [9.17, 15) is 4.79 Å². The van der Waals surface area contributed by atoms with Crippen LogP contribution in [0.5, 0.6) is 11.6 Å². The zero-order valence-electron chi connectivity index (χ0n) is 10.3. The SMILES string of the molecule is COCCOc1ncccc1OC(=O)N1CCC1. The molecule has 0 saturated carbocycles. The van der Waals surface area contributed by atoms with Crippen molar-refractivity contribution in [2.75, 3.05) is 33.4 Å². The number of pyridine rings is 1. The molecule has 1 saturated heterocycles. The summed E-state index contributed by atoms with van der Waals surface area (Å²) < 4.78 is 15.5. The summed E-state index contributed by atoms with van der Waals surface area (Å²) in [6, 6.07) is 3.36. The van der Waals surface area contributed by atoms with Gasteiger partial charge in [0, 0.05) is 26.4 Å². The molecule has 2 heterocycles. The minimum Gasteiger partial charge on any atom is -0.473 e. The number of nitrogens with zero attached hydrogens (tertiary/aromatic N) is 2. The molecule has 1 aliphatic heterocycles. The van der Waals surface area contributed by atoms with Crippen molar-refractivity contribution >= 4 is 6.09 Å². The molecule has 98 valence electrons. The van der Waals surface area contributed by atoms with E-state index < -0.39 is 0 Å². The summed E-state index contributed by atoms with van der Waals surface area (Å²) in [6.45, 7) is 2.32. The van der Waals surface area contributed by atoms with Gasteiger partial charge in [0.05, 0.1) is 6.61 Å². The van der Waals surface area contributed by atoms with Crippen molar-refractivity contribution in [3.63, 3.8) is 0 Å². The third-order valence-corrected chi connectivity index (χ3v) is 2.57. The van der Waals surface area contributed by atoms with Gasteiger partial charge in [0.25, 0.3) is 5.88 Å². The van der Waals surface area contributed by atoms with Crippen LogP contribution in [-0.4, -0.2) is 49.4 Å². The van der Waals surface area contributed by atoms with Crippen LogP contribution in [0.15, 0.2) is 18.3 Å². The van der Waals surface area contributed by atoms with Gasteiger partial charge >= 0.3 is 6.09 Å². The van der Waals surface area contributed by atoms with Gasteiger partial charge in [-0.15, -0.1) is 0 Å². The van der Waals surface area contributed by atoms with Gasteiger partial charge in [0.15, 0.2) is 5.75 Å². The second kappa shape index (κ2) is 6.20. The highest BCUT2D eigenvalue weighted by Crippen LogP contribution is 2.24. The number of likely N-dealkylation sites (tertiary alicyclic amines) is 1. The first-order chi connectivity index (χ1) is 8.81. The van der Waals surface area contributed by atoms with Crippen LogP contribution in [0.2, 0.25) is 0 Å². The largest absolute Gasteiger partial charge is 0.473 e. The van der Waals surface area contributed by atoms with Crippen molar-refractivity contribution in [2.24, 2.45) is 0 Å². The zero-order chi connectivity index (χ0) is 12.8. The third-order valence-electron chi connectivity index (χ3n) is 2.57. The Hall–Kier alpha value is -1.82. The summed E-state index contributed by atoms with van der Waals surface area (Å²) >= 11 is 0. The van der Waals surface area contributed by atoms with Crippen molar-refractivity contribution < 1.29 is 19.0 Å². The van der Waals surface area contributed by atoms with Crippen LogP contribution in [0.25, 0.3) is 0 Å². The Kier molecular flexibility index (Phi) is 4.35. The monoisotopic (exact) mass is 252 g/mol. The topological polar surface area (TPSA) is 60.9 Å². The molecule has 0 atom stereocenters. The molecule has 0 spiro atoms. The summed E-state index contributed by atoms with van der Waals surface area (Å²) in [7, 11) is 1.59. The maximum atomic E-state index is 11.7. The first-order valence-electron chi connectivity index (χ1n) is 5.85. The number of ether oxygens (including phenoxy) is 3.